The number of aliphatic imine (C=N–C) groups is 1. The number of nitrogens with one attached hydrogen (secondary N) is 2. The molecule has 7 heteroatoms. The molecule has 1 heterocycles. The molecule has 1 aliphatic rings. The minimum absolute atomic E-state index is 0.104. The van der Waals surface area contributed by atoms with Crippen molar-refractivity contribution in [1.29, 1.82) is 0 Å². The molecule has 2 aromatic carbocycles. The molecule has 2 atom stereocenters. The van der Waals surface area contributed by atoms with Crippen molar-refractivity contribution in [3.63, 3.8) is 0 Å². The molecular weight excluding hydrogens is 366 g/mol. The second-order valence-corrected chi connectivity index (χ2v) is 7.52. The van der Waals surface area contributed by atoms with Crippen molar-refractivity contribution in [2.24, 2.45) is 4.99 Å². The number of nitro benzene ring substituents is 1. The van der Waals surface area contributed by atoms with E-state index in [1.807, 2.05) is 6.07 Å². The zero-order valence-electron chi connectivity index (χ0n) is 17.0. The Labute approximate surface area is 172 Å². The Hall–Kier alpha value is -2.93. The van der Waals surface area contributed by atoms with Crippen LogP contribution in [0.15, 0.2) is 59.6 Å². The summed E-state index contributed by atoms with van der Waals surface area (Å²) in [5.74, 6) is 0.727. The molecule has 154 valence electrons. The van der Waals surface area contributed by atoms with Crippen LogP contribution >= 0.6 is 0 Å². The summed E-state index contributed by atoms with van der Waals surface area (Å²) in [7, 11) is 1.75. The number of nitro groups is 1. The smallest absolute Gasteiger partial charge is 0.269 e. The third kappa shape index (κ3) is 6.02. The third-order valence-electron chi connectivity index (χ3n) is 5.39. The maximum Gasteiger partial charge on any atom is 0.269 e. The number of rotatable bonds is 6. The van der Waals surface area contributed by atoms with Crippen molar-refractivity contribution < 1.29 is 4.92 Å². The quantitative estimate of drug-likeness (QED) is 0.339. The standard InChI is InChI=1S/C22H29N5O2/c1-17-13-20(11-12-26(17)16-18-7-4-3-5-8-18)25-22(23-2)24-15-19-9-6-10-21(14-19)27(28)29/h3-10,14,17,20H,11-13,15-16H2,1-2H3,(H2,23,24,25). The molecule has 0 saturated carbocycles. The molecule has 2 N–H and O–H groups in total. The summed E-state index contributed by atoms with van der Waals surface area (Å²) in [6, 6.07) is 18.1. The van der Waals surface area contributed by atoms with Crippen LogP contribution in [0, 0.1) is 10.1 Å². The minimum Gasteiger partial charge on any atom is -0.354 e. The molecule has 2 aromatic rings. The predicted octanol–water partition coefficient (Wildman–Crippen LogP) is 3.31. The lowest BCUT2D eigenvalue weighted by Crippen LogP contribution is -2.51. The van der Waals surface area contributed by atoms with Crippen molar-refractivity contribution in [1.82, 2.24) is 15.5 Å². The van der Waals surface area contributed by atoms with Crippen molar-refractivity contribution in [3.05, 3.63) is 75.8 Å². The number of hydrogen-bond acceptors (Lipinski definition) is 4. The van der Waals surface area contributed by atoms with E-state index in [1.54, 1.807) is 19.2 Å². The van der Waals surface area contributed by atoms with Gasteiger partial charge in [0, 0.05) is 50.9 Å². The monoisotopic (exact) mass is 395 g/mol. The van der Waals surface area contributed by atoms with Crippen LogP contribution in [-0.2, 0) is 13.1 Å². The summed E-state index contributed by atoms with van der Waals surface area (Å²) in [4.78, 5) is 17.4. The fourth-order valence-corrected chi connectivity index (χ4v) is 3.76. The van der Waals surface area contributed by atoms with Gasteiger partial charge in [-0.3, -0.25) is 20.0 Å². The molecule has 0 spiro atoms. The molecule has 0 amide bonds. The van der Waals surface area contributed by atoms with Crippen LogP contribution in [0.25, 0.3) is 0 Å². The van der Waals surface area contributed by atoms with Crippen molar-refractivity contribution in [2.75, 3.05) is 13.6 Å². The number of non-ortho nitro benzene ring substituents is 1. The molecule has 0 aliphatic carbocycles. The third-order valence-corrected chi connectivity index (χ3v) is 5.39. The molecule has 1 saturated heterocycles. The number of likely N-dealkylation sites (tertiary alicyclic amines) is 1. The van der Waals surface area contributed by atoms with E-state index in [9.17, 15) is 10.1 Å². The van der Waals surface area contributed by atoms with Gasteiger partial charge in [-0.25, -0.2) is 0 Å². The van der Waals surface area contributed by atoms with Gasteiger partial charge in [0.2, 0.25) is 0 Å². The average Bonchev–Trinajstić information content (AvgIpc) is 2.74. The number of guanidine groups is 1. The Balaban J connectivity index is 1.49. The first-order valence-electron chi connectivity index (χ1n) is 10.0. The van der Waals surface area contributed by atoms with E-state index in [0.717, 1.165) is 37.5 Å². The SMILES string of the molecule is CN=C(NCc1cccc([N+](=O)[O-])c1)NC1CCN(Cc2ccccc2)C(C)C1. The highest BCUT2D eigenvalue weighted by molar-refractivity contribution is 5.80. The number of hydrogen-bond donors (Lipinski definition) is 2. The lowest BCUT2D eigenvalue weighted by atomic mass is 9.97. The maximum absolute atomic E-state index is 10.9. The Kier molecular flexibility index (Phi) is 7.19. The van der Waals surface area contributed by atoms with Gasteiger partial charge in [0.1, 0.15) is 0 Å². The largest absolute Gasteiger partial charge is 0.354 e. The fourth-order valence-electron chi connectivity index (χ4n) is 3.76. The molecule has 1 fully saturated rings. The van der Waals surface area contributed by atoms with Crippen LogP contribution in [0.1, 0.15) is 30.9 Å². The van der Waals surface area contributed by atoms with Gasteiger partial charge in [-0.15, -0.1) is 0 Å². The van der Waals surface area contributed by atoms with Crippen LogP contribution in [0.3, 0.4) is 0 Å². The summed E-state index contributed by atoms with van der Waals surface area (Å²) in [6.07, 6.45) is 2.10. The van der Waals surface area contributed by atoms with Crippen molar-refractivity contribution in [2.45, 2.75) is 44.9 Å². The lowest BCUT2D eigenvalue weighted by molar-refractivity contribution is -0.384. The van der Waals surface area contributed by atoms with Gasteiger partial charge < -0.3 is 10.6 Å². The first kappa shape index (κ1) is 20.8. The van der Waals surface area contributed by atoms with Gasteiger partial charge >= 0.3 is 0 Å². The molecule has 3 rings (SSSR count). The molecule has 29 heavy (non-hydrogen) atoms. The zero-order valence-corrected chi connectivity index (χ0v) is 17.0. The van der Waals surface area contributed by atoms with E-state index in [1.165, 1.54) is 11.6 Å². The minimum atomic E-state index is -0.374. The van der Waals surface area contributed by atoms with E-state index in [0.29, 0.717) is 18.6 Å². The molecule has 7 nitrogen and oxygen atoms in total. The van der Waals surface area contributed by atoms with E-state index in [2.05, 4.69) is 57.8 Å². The van der Waals surface area contributed by atoms with Crippen molar-refractivity contribution >= 4 is 11.6 Å². The highest BCUT2D eigenvalue weighted by atomic mass is 16.6. The molecule has 1 aliphatic heterocycles. The Bertz CT molecular complexity index is 840. The maximum atomic E-state index is 10.9. The van der Waals surface area contributed by atoms with Gasteiger partial charge in [0.25, 0.3) is 5.69 Å². The van der Waals surface area contributed by atoms with Gasteiger partial charge in [-0.1, -0.05) is 42.5 Å². The van der Waals surface area contributed by atoms with Crippen molar-refractivity contribution in [3.8, 4) is 0 Å². The lowest BCUT2D eigenvalue weighted by Gasteiger charge is -2.38. The summed E-state index contributed by atoms with van der Waals surface area (Å²) >= 11 is 0. The van der Waals surface area contributed by atoms with E-state index >= 15 is 0 Å². The predicted molar refractivity (Wildman–Crippen MR) is 116 cm³/mol. The van der Waals surface area contributed by atoms with Crippen LogP contribution < -0.4 is 10.6 Å². The Morgan fingerprint density at radius 3 is 2.66 bits per heavy atom. The summed E-state index contributed by atoms with van der Waals surface area (Å²) in [5.41, 5.74) is 2.31. The second-order valence-electron chi connectivity index (χ2n) is 7.52. The number of piperidine rings is 1. The Morgan fingerprint density at radius 1 is 1.21 bits per heavy atom. The van der Waals surface area contributed by atoms with Gasteiger partial charge in [0.15, 0.2) is 5.96 Å². The topological polar surface area (TPSA) is 82.8 Å². The van der Waals surface area contributed by atoms with E-state index < -0.39 is 0 Å². The number of benzene rings is 2. The summed E-state index contributed by atoms with van der Waals surface area (Å²) < 4.78 is 0. The second kappa shape index (κ2) is 10.0. The molecule has 0 aromatic heterocycles. The first-order chi connectivity index (χ1) is 14.0. The average molecular weight is 396 g/mol. The normalized spacial score (nSPS) is 20.3. The van der Waals surface area contributed by atoms with Gasteiger partial charge in [0.05, 0.1) is 4.92 Å². The van der Waals surface area contributed by atoms with Crippen LogP contribution in [0.4, 0.5) is 5.69 Å². The molecule has 2 unspecified atom stereocenters. The molecule has 0 radical (unpaired) electrons. The van der Waals surface area contributed by atoms with Crippen LogP contribution in [0.2, 0.25) is 0 Å². The molecule has 0 bridgehead atoms. The summed E-state index contributed by atoms with van der Waals surface area (Å²) in [5, 5.41) is 17.7. The van der Waals surface area contributed by atoms with Gasteiger partial charge in [-0.05, 0) is 30.9 Å². The highest BCUT2D eigenvalue weighted by Crippen LogP contribution is 2.20. The molecular formula is C22H29N5O2. The number of nitrogens with zero attached hydrogens (tertiary/aromatic N) is 3. The summed E-state index contributed by atoms with van der Waals surface area (Å²) in [6.45, 7) is 4.78. The first-order valence-corrected chi connectivity index (χ1v) is 10.0. The zero-order chi connectivity index (χ0) is 20.6. The van der Waals surface area contributed by atoms with E-state index in [-0.39, 0.29) is 10.6 Å². The van der Waals surface area contributed by atoms with Crippen LogP contribution in [-0.4, -0.2) is 41.5 Å². The fraction of sp³-hybridized carbons (Fsp3) is 0.409. The van der Waals surface area contributed by atoms with Gasteiger partial charge in [-0.2, -0.15) is 0 Å². The van der Waals surface area contributed by atoms with Crippen LogP contribution in [0.5, 0.6) is 0 Å². The highest BCUT2D eigenvalue weighted by Gasteiger charge is 2.25. The van der Waals surface area contributed by atoms with E-state index in [4.69, 9.17) is 0 Å². The Morgan fingerprint density at radius 2 is 1.97 bits per heavy atom.